The molecule has 0 fully saturated rings. The molecule has 0 amide bonds. The van der Waals surface area contributed by atoms with Gasteiger partial charge in [0, 0.05) is 11.2 Å². The van der Waals surface area contributed by atoms with Crippen LogP contribution in [0.15, 0.2) is 12.1 Å². The molecule has 16 heavy (non-hydrogen) atoms. The summed E-state index contributed by atoms with van der Waals surface area (Å²) in [5, 5.41) is 3.59. The van der Waals surface area contributed by atoms with Crippen molar-refractivity contribution in [1.82, 2.24) is 0 Å². The van der Waals surface area contributed by atoms with Gasteiger partial charge in [0.2, 0.25) is 0 Å². The molecule has 0 saturated carbocycles. The predicted molar refractivity (Wildman–Crippen MR) is 71.3 cm³/mol. The summed E-state index contributed by atoms with van der Waals surface area (Å²) in [5.41, 5.74) is 6.25. The van der Waals surface area contributed by atoms with Gasteiger partial charge in [-0.15, -0.1) is 0 Å². The zero-order chi connectivity index (χ0) is 12.1. The van der Waals surface area contributed by atoms with E-state index in [9.17, 15) is 0 Å². The average Bonchev–Trinajstić information content (AvgIpc) is 2.38. The second-order valence-corrected chi connectivity index (χ2v) is 6.70. The highest BCUT2D eigenvalue weighted by molar-refractivity contribution is 5.63. The summed E-state index contributed by atoms with van der Waals surface area (Å²) in [5.74, 6) is 0. The number of anilines is 1. The minimum atomic E-state index is 0.212. The third-order valence-electron chi connectivity index (χ3n) is 3.50. The molecule has 1 aromatic rings. The van der Waals surface area contributed by atoms with Crippen molar-refractivity contribution in [3.05, 3.63) is 28.8 Å². The molecule has 0 unspecified atom stereocenters. The molecule has 0 atom stereocenters. The van der Waals surface area contributed by atoms with Crippen LogP contribution in [0.3, 0.4) is 0 Å². The second kappa shape index (κ2) is 3.26. The Kier molecular flexibility index (Phi) is 2.34. The predicted octanol–water partition coefficient (Wildman–Crippen LogP) is 4.04. The molecule has 1 aliphatic heterocycles. The number of hydrogen-bond donors (Lipinski definition) is 1. The molecule has 0 spiro atoms. The van der Waals surface area contributed by atoms with E-state index in [1.165, 1.54) is 22.4 Å². The van der Waals surface area contributed by atoms with Gasteiger partial charge in [0.15, 0.2) is 0 Å². The molecule has 0 saturated heterocycles. The van der Waals surface area contributed by atoms with Crippen molar-refractivity contribution in [2.45, 2.75) is 58.9 Å². The highest BCUT2D eigenvalue weighted by Gasteiger charge is 2.30. The second-order valence-electron chi connectivity index (χ2n) is 6.70. The van der Waals surface area contributed by atoms with Crippen LogP contribution >= 0.6 is 0 Å². The van der Waals surface area contributed by atoms with E-state index in [-0.39, 0.29) is 11.0 Å². The Morgan fingerprint density at radius 1 is 1.19 bits per heavy atom. The summed E-state index contributed by atoms with van der Waals surface area (Å²) in [7, 11) is 0. The van der Waals surface area contributed by atoms with Gasteiger partial charge >= 0.3 is 0 Å². The van der Waals surface area contributed by atoms with E-state index in [0.717, 1.165) is 6.42 Å². The smallest absolute Gasteiger partial charge is 0.0380 e. The standard InChI is InChI=1S/C15H23N/c1-10-11-9-15(5,6)16-13(11)8-7-12(10)14(2,3)4/h7-8,16H,9H2,1-6H3. The fourth-order valence-electron chi connectivity index (χ4n) is 2.76. The Labute approximate surface area is 99.3 Å². The third-order valence-corrected chi connectivity index (χ3v) is 3.50. The lowest BCUT2D eigenvalue weighted by Crippen LogP contribution is -2.27. The number of benzene rings is 1. The molecule has 1 N–H and O–H groups in total. The SMILES string of the molecule is Cc1c(C(C)(C)C)ccc2c1CC(C)(C)N2. The van der Waals surface area contributed by atoms with Gasteiger partial charge in [-0.25, -0.2) is 0 Å². The topological polar surface area (TPSA) is 12.0 Å². The minimum absolute atomic E-state index is 0.212. The normalized spacial score (nSPS) is 18.1. The van der Waals surface area contributed by atoms with Crippen molar-refractivity contribution >= 4 is 5.69 Å². The van der Waals surface area contributed by atoms with Crippen LogP contribution < -0.4 is 5.32 Å². The zero-order valence-electron chi connectivity index (χ0n) is 11.4. The van der Waals surface area contributed by atoms with E-state index in [4.69, 9.17) is 0 Å². The molecule has 0 aliphatic carbocycles. The molecule has 88 valence electrons. The van der Waals surface area contributed by atoms with Crippen LogP contribution in [0.4, 0.5) is 5.69 Å². The van der Waals surface area contributed by atoms with Gasteiger partial charge in [0.05, 0.1) is 0 Å². The van der Waals surface area contributed by atoms with E-state index in [0.29, 0.717) is 0 Å². The first kappa shape index (κ1) is 11.5. The summed E-state index contributed by atoms with van der Waals surface area (Å²) in [6.45, 7) is 13.7. The van der Waals surface area contributed by atoms with E-state index < -0.39 is 0 Å². The molecule has 1 aromatic carbocycles. The highest BCUT2D eigenvalue weighted by Crippen LogP contribution is 2.38. The highest BCUT2D eigenvalue weighted by atomic mass is 15.0. The van der Waals surface area contributed by atoms with Gasteiger partial charge < -0.3 is 5.32 Å². The van der Waals surface area contributed by atoms with Crippen LogP contribution in [-0.4, -0.2) is 5.54 Å². The lowest BCUT2D eigenvalue weighted by molar-refractivity contribution is 0.578. The first-order valence-corrected chi connectivity index (χ1v) is 6.12. The van der Waals surface area contributed by atoms with Crippen molar-refractivity contribution in [2.24, 2.45) is 0 Å². The Bertz CT molecular complexity index is 422. The van der Waals surface area contributed by atoms with E-state index in [2.05, 4.69) is 59.0 Å². The van der Waals surface area contributed by atoms with E-state index >= 15 is 0 Å². The summed E-state index contributed by atoms with van der Waals surface area (Å²) in [6.07, 6.45) is 1.14. The maximum atomic E-state index is 3.59. The quantitative estimate of drug-likeness (QED) is 0.691. The molecule has 2 rings (SSSR count). The molecule has 1 heterocycles. The number of rotatable bonds is 0. The van der Waals surface area contributed by atoms with E-state index in [1.807, 2.05) is 0 Å². The van der Waals surface area contributed by atoms with Gasteiger partial charge in [-0.3, -0.25) is 0 Å². The van der Waals surface area contributed by atoms with Crippen molar-refractivity contribution in [3.8, 4) is 0 Å². The summed E-state index contributed by atoms with van der Waals surface area (Å²) >= 11 is 0. The average molecular weight is 217 g/mol. The Morgan fingerprint density at radius 3 is 2.38 bits per heavy atom. The summed E-state index contributed by atoms with van der Waals surface area (Å²) in [4.78, 5) is 0. The van der Waals surface area contributed by atoms with Crippen LogP contribution in [0.25, 0.3) is 0 Å². The molecule has 0 aromatic heterocycles. The number of hydrogen-bond acceptors (Lipinski definition) is 1. The lowest BCUT2D eigenvalue weighted by Gasteiger charge is -2.23. The minimum Gasteiger partial charge on any atom is -0.380 e. The Morgan fingerprint density at radius 2 is 1.81 bits per heavy atom. The molecule has 0 bridgehead atoms. The largest absolute Gasteiger partial charge is 0.380 e. The third kappa shape index (κ3) is 1.83. The Hall–Kier alpha value is -0.980. The Balaban J connectivity index is 2.52. The number of nitrogens with one attached hydrogen (secondary N) is 1. The maximum absolute atomic E-state index is 3.59. The summed E-state index contributed by atoms with van der Waals surface area (Å²) in [6, 6.07) is 4.53. The first-order valence-electron chi connectivity index (χ1n) is 6.12. The zero-order valence-corrected chi connectivity index (χ0v) is 11.4. The molecular formula is C15H23N. The first-order chi connectivity index (χ1) is 7.21. The van der Waals surface area contributed by atoms with Crippen molar-refractivity contribution < 1.29 is 0 Å². The summed E-state index contributed by atoms with van der Waals surface area (Å²) < 4.78 is 0. The van der Waals surface area contributed by atoms with Gasteiger partial charge in [-0.2, -0.15) is 0 Å². The van der Waals surface area contributed by atoms with Crippen molar-refractivity contribution in [1.29, 1.82) is 0 Å². The van der Waals surface area contributed by atoms with Crippen LogP contribution in [0.2, 0.25) is 0 Å². The van der Waals surface area contributed by atoms with Crippen molar-refractivity contribution in [2.75, 3.05) is 5.32 Å². The maximum Gasteiger partial charge on any atom is 0.0380 e. The van der Waals surface area contributed by atoms with Gasteiger partial charge in [-0.1, -0.05) is 26.8 Å². The van der Waals surface area contributed by atoms with Gasteiger partial charge in [-0.05, 0) is 55.4 Å². The van der Waals surface area contributed by atoms with Crippen molar-refractivity contribution in [3.63, 3.8) is 0 Å². The van der Waals surface area contributed by atoms with Crippen LogP contribution in [0, 0.1) is 6.92 Å². The fourth-order valence-corrected chi connectivity index (χ4v) is 2.76. The van der Waals surface area contributed by atoms with Crippen LogP contribution in [0.1, 0.15) is 51.3 Å². The van der Waals surface area contributed by atoms with E-state index in [1.54, 1.807) is 0 Å². The molecular weight excluding hydrogens is 194 g/mol. The van der Waals surface area contributed by atoms with Gasteiger partial charge in [0.1, 0.15) is 0 Å². The monoisotopic (exact) mass is 217 g/mol. The van der Waals surface area contributed by atoms with Crippen LogP contribution in [0.5, 0.6) is 0 Å². The van der Waals surface area contributed by atoms with Crippen LogP contribution in [-0.2, 0) is 11.8 Å². The molecule has 0 radical (unpaired) electrons. The van der Waals surface area contributed by atoms with Gasteiger partial charge in [0.25, 0.3) is 0 Å². The lowest BCUT2D eigenvalue weighted by atomic mass is 9.81. The molecule has 1 aliphatic rings. The molecule has 1 heteroatoms. The molecule has 1 nitrogen and oxygen atoms in total. The number of fused-ring (bicyclic) bond motifs is 1. The fraction of sp³-hybridized carbons (Fsp3) is 0.600.